The van der Waals surface area contributed by atoms with Crippen molar-refractivity contribution in [3.05, 3.63) is 33.5 Å². The largest absolute Gasteiger partial charge is 0.299 e. The van der Waals surface area contributed by atoms with Crippen molar-refractivity contribution in [3.8, 4) is 0 Å². The van der Waals surface area contributed by atoms with Crippen LogP contribution in [0.2, 0.25) is 0 Å². The van der Waals surface area contributed by atoms with Crippen LogP contribution in [-0.2, 0) is 17.6 Å². The molecule has 3 heteroatoms. The monoisotopic (exact) mass is 242 g/mol. The van der Waals surface area contributed by atoms with Gasteiger partial charge in [-0.3, -0.25) is 4.79 Å². The van der Waals surface area contributed by atoms with Gasteiger partial charge in [0.25, 0.3) is 0 Å². The molecule has 0 unspecified atom stereocenters. The summed E-state index contributed by atoms with van der Waals surface area (Å²) in [6, 6.07) is 3.28. The molecule has 1 nitrogen and oxygen atoms in total. The summed E-state index contributed by atoms with van der Waals surface area (Å²) in [6.07, 6.45) is 1.41. The minimum absolute atomic E-state index is 0.197. The highest BCUT2D eigenvalue weighted by Crippen LogP contribution is 2.25. The zero-order valence-corrected chi connectivity index (χ0v) is 8.53. The second kappa shape index (κ2) is 3.22. The van der Waals surface area contributed by atoms with Gasteiger partial charge in [-0.2, -0.15) is 0 Å². The zero-order valence-electron chi connectivity index (χ0n) is 6.94. The van der Waals surface area contributed by atoms with Gasteiger partial charge < -0.3 is 0 Å². The maximum absolute atomic E-state index is 13.3. The van der Waals surface area contributed by atoms with Gasteiger partial charge in [0.1, 0.15) is 11.6 Å². The maximum atomic E-state index is 13.3. The van der Waals surface area contributed by atoms with Gasteiger partial charge in [-0.15, -0.1) is 0 Å². The van der Waals surface area contributed by atoms with Gasteiger partial charge >= 0.3 is 0 Å². The SMILES string of the molecule is O=C1CCc2c(F)cc(Br)cc2C1. The molecule has 0 saturated heterocycles. The molecule has 1 aromatic carbocycles. The van der Waals surface area contributed by atoms with Crippen molar-refractivity contribution in [1.82, 2.24) is 0 Å². The Labute approximate surface area is 84.1 Å². The lowest BCUT2D eigenvalue weighted by Gasteiger charge is -2.15. The second-order valence-electron chi connectivity index (χ2n) is 3.24. The highest BCUT2D eigenvalue weighted by atomic mass is 79.9. The lowest BCUT2D eigenvalue weighted by molar-refractivity contribution is -0.118. The molecule has 0 aliphatic heterocycles. The van der Waals surface area contributed by atoms with Crippen LogP contribution in [0.5, 0.6) is 0 Å². The molecule has 2 rings (SSSR count). The van der Waals surface area contributed by atoms with E-state index in [4.69, 9.17) is 0 Å². The van der Waals surface area contributed by atoms with Crippen molar-refractivity contribution in [2.45, 2.75) is 19.3 Å². The van der Waals surface area contributed by atoms with Crippen LogP contribution < -0.4 is 0 Å². The number of carbonyl (C=O) groups excluding carboxylic acids is 1. The van der Waals surface area contributed by atoms with Crippen LogP contribution in [0, 0.1) is 5.82 Å². The van der Waals surface area contributed by atoms with Gasteiger partial charge in [0.05, 0.1) is 0 Å². The van der Waals surface area contributed by atoms with Crippen LogP contribution in [0.3, 0.4) is 0 Å². The predicted molar refractivity (Wildman–Crippen MR) is 51.1 cm³/mol. The second-order valence-corrected chi connectivity index (χ2v) is 4.16. The van der Waals surface area contributed by atoms with Crippen LogP contribution >= 0.6 is 15.9 Å². The zero-order chi connectivity index (χ0) is 9.42. The number of benzene rings is 1. The molecule has 0 N–H and O–H groups in total. The first-order valence-electron chi connectivity index (χ1n) is 4.15. The van der Waals surface area contributed by atoms with Crippen LogP contribution in [0.1, 0.15) is 17.5 Å². The summed E-state index contributed by atoms with van der Waals surface area (Å²) in [6.45, 7) is 0. The number of Topliss-reactive ketones (excluding diaryl/α,β-unsaturated/α-hetero) is 1. The average Bonchev–Trinajstić information content (AvgIpc) is 2.02. The molecule has 0 saturated carbocycles. The van der Waals surface area contributed by atoms with Gasteiger partial charge in [0.15, 0.2) is 0 Å². The molecule has 68 valence electrons. The normalized spacial score (nSPS) is 15.7. The van der Waals surface area contributed by atoms with Crippen molar-refractivity contribution < 1.29 is 9.18 Å². The summed E-state index contributed by atoms with van der Waals surface area (Å²) < 4.78 is 14.0. The molecule has 1 aliphatic carbocycles. The molecule has 0 spiro atoms. The molecule has 0 atom stereocenters. The van der Waals surface area contributed by atoms with E-state index >= 15 is 0 Å². The molecular weight excluding hydrogens is 235 g/mol. The summed E-state index contributed by atoms with van der Waals surface area (Å²) in [5, 5.41) is 0. The van der Waals surface area contributed by atoms with E-state index in [0.29, 0.717) is 29.3 Å². The lowest BCUT2D eigenvalue weighted by atomic mass is 9.90. The number of fused-ring (bicyclic) bond motifs is 1. The average molecular weight is 243 g/mol. The standard InChI is InChI=1S/C10H8BrFO/c11-7-3-6-4-8(13)1-2-9(6)10(12)5-7/h3,5H,1-2,4H2. The Hall–Kier alpha value is -0.700. The van der Waals surface area contributed by atoms with Gasteiger partial charge in [-0.1, -0.05) is 15.9 Å². The minimum atomic E-state index is -0.197. The number of rotatable bonds is 0. The van der Waals surface area contributed by atoms with Gasteiger partial charge in [0.2, 0.25) is 0 Å². The topological polar surface area (TPSA) is 17.1 Å². The fourth-order valence-corrected chi connectivity index (χ4v) is 2.14. The van der Waals surface area contributed by atoms with Crippen molar-refractivity contribution in [2.24, 2.45) is 0 Å². The van der Waals surface area contributed by atoms with E-state index in [-0.39, 0.29) is 11.6 Å². The highest BCUT2D eigenvalue weighted by Gasteiger charge is 2.18. The molecule has 0 bridgehead atoms. The first-order valence-corrected chi connectivity index (χ1v) is 4.94. The number of carbonyl (C=O) groups is 1. The molecule has 1 aliphatic rings. The first kappa shape index (κ1) is 8.88. The van der Waals surface area contributed by atoms with E-state index in [1.165, 1.54) is 6.07 Å². The van der Waals surface area contributed by atoms with E-state index in [9.17, 15) is 9.18 Å². The molecule has 0 radical (unpaired) electrons. The summed E-state index contributed by atoms with van der Waals surface area (Å²) in [4.78, 5) is 11.1. The third-order valence-corrected chi connectivity index (χ3v) is 2.75. The Balaban J connectivity index is 2.53. The van der Waals surface area contributed by atoms with Crippen LogP contribution in [-0.4, -0.2) is 5.78 Å². The Morgan fingerprint density at radius 3 is 2.85 bits per heavy atom. The van der Waals surface area contributed by atoms with Gasteiger partial charge in [0, 0.05) is 17.3 Å². The summed E-state index contributed by atoms with van der Waals surface area (Å²) in [5.41, 5.74) is 1.55. The van der Waals surface area contributed by atoms with Crippen molar-refractivity contribution >= 4 is 21.7 Å². The molecule has 0 fully saturated rings. The smallest absolute Gasteiger partial charge is 0.137 e. The number of hydrogen-bond acceptors (Lipinski definition) is 1. The molecule has 0 heterocycles. The van der Waals surface area contributed by atoms with Crippen LogP contribution in [0.25, 0.3) is 0 Å². The molecule has 13 heavy (non-hydrogen) atoms. The molecule has 0 amide bonds. The predicted octanol–water partition coefficient (Wildman–Crippen LogP) is 2.65. The minimum Gasteiger partial charge on any atom is -0.299 e. The number of halogens is 2. The first-order chi connectivity index (χ1) is 6.16. The van der Waals surface area contributed by atoms with E-state index in [1.54, 1.807) is 0 Å². The van der Waals surface area contributed by atoms with E-state index in [1.807, 2.05) is 6.07 Å². The quantitative estimate of drug-likeness (QED) is 0.684. The van der Waals surface area contributed by atoms with Crippen LogP contribution in [0.4, 0.5) is 4.39 Å². The third kappa shape index (κ3) is 1.66. The van der Waals surface area contributed by atoms with Crippen molar-refractivity contribution in [1.29, 1.82) is 0 Å². The van der Waals surface area contributed by atoms with Crippen molar-refractivity contribution in [2.75, 3.05) is 0 Å². The highest BCUT2D eigenvalue weighted by molar-refractivity contribution is 9.10. The van der Waals surface area contributed by atoms with Gasteiger partial charge in [-0.05, 0) is 29.7 Å². The third-order valence-electron chi connectivity index (χ3n) is 2.29. The Morgan fingerprint density at radius 1 is 1.31 bits per heavy atom. The van der Waals surface area contributed by atoms with E-state index < -0.39 is 0 Å². The fraction of sp³-hybridized carbons (Fsp3) is 0.300. The molecular formula is C10H8BrFO. The lowest BCUT2D eigenvalue weighted by Crippen LogP contribution is -2.14. The molecule has 1 aromatic rings. The Bertz CT molecular complexity index is 373. The van der Waals surface area contributed by atoms with E-state index in [0.717, 1.165) is 5.56 Å². The number of hydrogen-bond donors (Lipinski definition) is 0. The molecule has 0 aromatic heterocycles. The van der Waals surface area contributed by atoms with Crippen molar-refractivity contribution in [3.63, 3.8) is 0 Å². The van der Waals surface area contributed by atoms with Crippen LogP contribution in [0.15, 0.2) is 16.6 Å². The Morgan fingerprint density at radius 2 is 2.08 bits per heavy atom. The van der Waals surface area contributed by atoms with Gasteiger partial charge in [-0.25, -0.2) is 4.39 Å². The maximum Gasteiger partial charge on any atom is 0.137 e. The Kier molecular flexibility index (Phi) is 2.20. The van der Waals surface area contributed by atoms with E-state index in [2.05, 4.69) is 15.9 Å². The fourth-order valence-electron chi connectivity index (χ4n) is 1.66. The summed E-state index contributed by atoms with van der Waals surface area (Å²) >= 11 is 3.21. The summed E-state index contributed by atoms with van der Waals surface area (Å²) in [7, 11) is 0. The summed E-state index contributed by atoms with van der Waals surface area (Å²) in [5.74, 6) is 0.00174. The number of ketones is 1.